The maximum Gasteiger partial charge on any atom is 0.327 e. The first kappa shape index (κ1) is 19.3. The quantitative estimate of drug-likeness (QED) is 0.515. The predicted molar refractivity (Wildman–Crippen MR) is 96.2 cm³/mol. The third-order valence-electron chi connectivity index (χ3n) is 3.98. The van der Waals surface area contributed by atoms with E-state index in [0.717, 1.165) is 11.1 Å². The van der Waals surface area contributed by atoms with Gasteiger partial charge in [0, 0.05) is 18.4 Å². The summed E-state index contributed by atoms with van der Waals surface area (Å²) in [6.45, 7) is 0.491. The van der Waals surface area contributed by atoms with E-state index in [9.17, 15) is 9.36 Å². The molecule has 0 bridgehead atoms. The van der Waals surface area contributed by atoms with Gasteiger partial charge in [0.25, 0.3) is 0 Å². The highest BCUT2D eigenvalue weighted by Gasteiger charge is 2.21. The molecular weight excluding hydrogens is 337 g/mol. The number of carbonyl (C=O) groups excluding carboxylic acids is 1. The van der Waals surface area contributed by atoms with Crippen molar-refractivity contribution < 1.29 is 18.6 Å². The van der Waals surface area contributed by atoms with E-state index in [1.165, 1.54) is 0 Å². The van der Waals surface area contributed by atoms with Crippen LogP contribution in [-0.2, 0) is 25.2 Å². The van der Waals surface area contributed by atoms with Crippen LogP contribution in [0.4, 0.5) is 0 Å². The monoisotopic (exact) mass is 359 g/mol. The Labute approximate surface area is 149 Å². The van der Waals surface area contributed by atoms with Gasteiger partial charge in [0.2, 0.25) is 0 Å². The molecule has 25 heavy (non-hydrogen) atoms. The zero-order valence-corrected chi connectivity index (χ0v) is 14.8. The van der Waals surface area contributed by atoms with E-state index in [1.54, 1.807) is 0 Å². The normalized spacial score (nSPS) is 13.3. The summed E-state index contributed by atoms with van der Waals surface area (Å²) >= 11 is 0. The molecule has 0 heterocycles. The minimum atomic E-state index is -0.376. The third kappa shape index (κ3) is 6.75. The Morgan fingerprint density at radius 2 is 1.68 bits per heavy atom. The third-order valence-corrected chi connectivity index (χ3v) is 4.23. The minimum Gasteiger partial charge on any atom is -0.461 e. The molecular formula is C19H22NO4P. The van der Waals surface area contributed by atoms with Crippen molar-refractivity contribution in [2.45, 2.75) is 31.4 Å². The van der Waals surface area contributed by atoms with E-state index in [4.69, 9.17) is 15.0 Å². The topological polar surface area (TPSA) is 78.6 Å². The van der Waals surface area contributed by atoms with Gasteiger partial charge in [0.15, 0.2) is 0 Å². The van der Waals surface area contributed by atoms with Crippen molar-refractivity contribution in [3.05, 3.63) is 71.8 Å². The van der Waals surface area contributed by atoms with Gasteiger partial charge in [-0.2, -0.15) is 0 Å². The first-order chi connectivity index (χ1) is 12.2. The standard InChI is InChI=1S/C19H22NO4P/c20-18(17(14-24-25-22)16-9-5-2-6-10-16)11-12-19(21)23-13-15-7-3-1-4-8-15/h1-10,17-18H,11-14,20H2. The van der Waals surface area contributed by atoms with Crippen molar-refractivity contribution in [2.75, 3.05) is 6.61 Å². The zero-order valence-electron chi connectivity index (χ0n) is 13.9. The molecule has 2 rings (SSSR count). The van der Waals surface area contributed by atoms with E-state index in [2.05, 4.69) is 0 Å². The fourth-order valence-corrected chi connectivity index (χ4v) is 2.80. The fourth-order valence-electron chi connectivity index (χ4n) is 2.57. The van der Waals surface area contributed by atoms with Gasteiger partial charge in [-0.25, -0.2) is 4.57 Å². The molecule has 132 valence electrons. The molecule has 0 radical (unpaired) electrons. The Kier molecular flexibility index (Phi) is 8.26. The number of hydrogen-bond donors (Lipinski definition) is 1. The molecule has 2 aromatic rings. The molecule has 0 spiro atoms. The number of hydrogen-bond acceptors (Lipinski definition) is 5. The lowest BCUT2D eigenvalue weighted by molar-refractivity contribution is -0.145. The molecule has 2 aromatic carbocycles. The lowest BCUT2D eigenvalue weighted by Crippen LogP contribution is -2.31. The molecule has 0 aliphatic rings. The maximum absolute atomic E-state index is 11.9. The smallest absolute Gasteiger partial charge is 0.327 e. The van der Waals surface area contributed by atoms with E-state index in [0.29, 0.717) is 6.42 Å². The van der Waals surface area contributed by atoms with Crippen LogP contribution in [0.5, 0.6) is 0 Å². The van der Waals surface area contributed by atoms with Crippen molar-refractivity contribution in [3.8, 4) is 0 Å². The van der Waals surface area contributed by atoms with Crippen LogP contribution in [0.3, 0.4) is 0 Å². The van der Waals surface area contributed by atoms with Crippen molar-refractivity contribution in [2.24, 2.45) is 5.73 Å². The van der Waals surface area contributed by atoms with Gasteiger partial charge in [-0.05, 0) is 17.5 Å². The molecule has 0 saturated carbocycles. The molecule has 0 saturated heterocycles. The minimum absolute atomic E-state index is 0.135. The summed E-state index contributed by atoms with van der Waals surface area (Å²) in [5, 5.41) is 0. The number of esters is 1. The molecule has 2 atom stereocenters. The molecule has 0 aliphatic heterocycles. The fraction of sp³-hybridized carbons (Fsp3) is 0.316. The van der Waals surface area contributed by atoms with Crippen LogP contribution in [-0.4, -0.2) is 18.6 Å². The van der Waals surface area contributed by atoms with Crippen molar-refractivity contribution >= 4 is 14.7 Å². The lowest BCUT2D eigenvalue weighted by atomic mass is 9.90. The van der Waals surface area contributed by atoms with Crippen LogP contribution in [0.25, 0.3) is 0 Å². The second-order valence-corrected chi connectivity index (χ2v) is 6.14. The summed E-state index contributed by atoms with van der Waals surface area (Å²) in [6.07, 6.45) is 0.693. The molecule has 0 aliphatic carbocycles. The molecule has 2 unspecified atom stereocenters. The first-order valence-electron chi connectivity index (χ1n) is 8.15. The van der Waals surface area contributed by atoms with Gasteiger partial charge in [0.05, 0.1) is 6.61 Å². The van der Waals surface area contributed by atoms with Gasteiger partial charge in [0.1, 0.15) is 6.61 Å². The van der Waals surface area contributed by atoms with Crippen LogP contribution in [0.1, 0.15) is 29.9 Å². The number of ether oxygens (including phenoxy) is 1. The van der Waals surface area contributed by atoms with E-state index < -0.39 is 0 Å². The average molecular weight is 359 g/mol. The van der Waals surface area contributed by atoms with Crippen molar-refractivity contribution in [3.63, 3.8) is 0 Å². The van der Waals surface area contributed by atoms with Gasteiger partial charge in [-0.3, -0.25) is 9.32 Å². The summed E-state index contributed by atoms with van der Waals surface area (Å²) in [7, 11) is -0.376. The molecule has 2 N–H and O–H groups in total. The number of carbonyl (C=O) groups is 1. The SMILES string of the molecule is NC(CCC(=O)OCc1ccccc1)C(COP=O)c1ccccc1. The van der Waals surface area contributed by atoms with E-state index in [1.807, 2.05) is 60.7 Å². The van der Waals surface area contributed by atoms with Crippen molar-refractivity contribution in [1.82, 2.24) is 0 Å². The Balaban J connectivity index is 1.84. The summed E-state index contributed by atoms with van der Waals surface area (Å²) in [5.74, 6) is -0.418. The number of rotatable bonds is 10. The Bertz CT molecular complexity index is 651. The molecule has 5 nitrogen and oxygen atoms in total. The van der Waals surface area contributed by atoms with Gasteiger partial charge in [-0.1, -0.05) is 60.7 Å². The molecule has 0 aromatic heterocycles. The number of benzene rings is 2. The molecule has 0 fully saturated rings. The Morgan fingerprint density at radius 3 is 2.32 bits per heavy atom. The van der Waals surface area contributed by atoms with Crippen molar-refractivity contribution in [1.29, 1.82) is 0 Å². The zero-order chi connectivity index (χ0) is 17.9. The highest BCUT2D eigenvalue weighted by Crippen LogP contribution is 2.23. The largest absolute Gasteiger partial charge is 0.461 e. The Morgan fingerprint density at radius 1 is 1.04 bits per heavy atom. The van der Waals surface area contributed by atoms with Gasteiger partial charge >= 0.3 is 14.7 Å². The van der Waals surface area contributed by atoms with Crippen LogP contribution >= 0.6 is 8.69 Å². The van der Waals surface area contributed by atoms with Crippen LogP contribution in [0, 0.1) is 0 Å². The van der Waals surface area contributed by atoms with Gasteiger partial charge in [-0.15, -0.1) is 0 Å². The summed E-state index contributed by atoms with van der Waals surface area (Å²) < 4.78 is 20.9. The summed E-state index contributed by atoms with van der Waals surface area (Å²) in [4.78, 5) is 11.9. The van der Waals surface area contributed by atoms with Gasteiger partial charge < -0.3 is 10.5 Å². The highest BCUT2D eigenvalue weighted by atomic mass is 31.1. The highest BCUT2D eigenvalue weighted by molar-refractivity contribution is 7.17. The average Bonchev–Trinajstić information content (AvgIpc) is 2.66. The predicted octanol–water partition coefficient (Wildman–Crippen LogP) is 3.84. The first-order valence-corrected chi connectivity index (χ1v) is 8.88. The second kappa shape index (κ2) is 10.7. The molecule has 6 heteroatoms. The summed E-state index contributed by atoms with van der Waals surface area (Å²) in [5.41, 5.74) is 8.20. The Hall–Kier alpha value is -2.07. The van der Waals surface area contributed by atoms with E-state index >= 15 is 0 Å². The summed E-state index contributed by atoms with van der Waals surface area (Å²) in [6, 6.07) is 18.9. The lowest BCUT2D eigenvalue weighted by Gasteiger charge is -2.23. The number of nitrogens with two attached hydrogens (primary N) is 1. The van der Waals surface area contributed by atoms with Crippen LogP contribution in [0.15, 0.2) is 60.7 Å². The van der Waals surface area contributed by atoms with E-state index in [-0.39, 0.29) is 46.3 Å². The molecule has 0 amide bonds. The van der Waals surface area contributed by atoms with Crippen LogP contribution < -0.4 is 5.73 Å². The van der Waals surface area contributed by atoms with Crippen LogP contribution in [0.2, 0.25) is 0 Å². The second-order valence-electron chi connectivity index (χ2n) is 5.74. The maximum atomic E-state index is 11.9.